The summed E-state index contributed by atoms with van der Waals surface area (Å²) in [4.78, 5) is 11.8. The van der Waals surface area contributed by atoms with Crippen LogP contribution in [0.15, 0.2) is 34.4 Å². The van der Waals surface area contributed by atoms with Crippen molar-refractivity contribution in [2.24, 2.45) is 0 Å². The topological polar surface area (TPSA) is 26.3 Å². The van der Waals surface area contributed by atoms with Crippen LogP contribution in [0.1, 0.15) is 46.5 Å². The van der Waals surface area contributed by atoms with Gasteiger partial charge in [0.25, 0.3) is 0 Å². The van der Waals surface area contributed by atoms with Gasteiger partial charge in [-0.05, 0) is 45.6 Å². The Hall–Kier alpha value is -1.31. The Bertz CT molecular complexity index is 424. The maximum Gasteiger partial charge on any atom is 0.334 e. The molecule has 0 saturated heterocycles. The molecule has 0 saturated carbocycles. The summed E-state index contributed by atoms with van der Waals surface area (Å²) in [7, 11) is 0. The predicted octanol–water partition coefficient (Wildman–Crippen LogP) is 3.69. The fourth-order valence-electron chi connectivity index (χ4n) is 2.33. The molecule has 2 aliphatic rings. The van der Waals surface area contributed by atoms with Gasteiger partial charge in [-0.1, -0.05) is 23.3 Å². The Morgan fingerprint density at radius 1 is 1.24 bits per heavy atom. The van der Waals surface area contributed by atoms with Crippen molar-refractivity contribution in [2.45, 2.75) is 52.6 Å². The molecule has 0 aromatic heterocycles. The van der Waals surface area contributed by atoms with Crippen molar-refractivity contribution in [1.82, 2.24) is 0 Å². The van der Waals surface area contributed by atoms with Crippen LogP contribution in [0.5, 0.6) is 0 Å². The van der Waals surface area contributed by atoms with Crippen molar-refractivity contribution >= 4 is 5.97 Å². The summed E-state index contributed by atoms with van der Waals surface area (Å²) in [6.07, 6.45) is 8.33. The highest BCUT2D eigenvalue weighted by molar-refractivity contribution is 5.90. The summed E-state index contributed by atoms with van der Waals surface area (Å²) in [5, 5.41) is 0. The lowest BCUT2D eigenvalue weighted by atomic mass is 9.91. The van der Waals surface area contributed by atoms with E-state index in [4.69, 9.17) is 4.74 Å². The first-order valence-electron chi connectivity index (χ1n) is 6.30. The van der Waals surface area contributed by atoms with Crippen molar-refractivity contribution in [3.8, 4) is 0 Å². The highest BCUT2D eigenvalue weighted by Crippen LogP contribution is 2.29. The van der Waals surface area contributed by atoms with Crippen LogP contribution in [0.3, 0.4) is 0 Å². The largest absolute Gasteiger partial charge is 0.454 e. The van der Waals surface area contributed by atoms with Crippen molar-refractivity contribution in [3.05, 3.63) is 34.4 Å². The molecular weight excluding hydrogens is 212 g/mol. The summed E-state index contributed by atoms with van der Waals surface area (Å²) in [6.45, 7) is 6.11. The van der Waals surface area contributed by atoms with Crippen molar-refractivity contribution in [3.63, 3.8) is 0 Å². The second kappa shape index (κ2) is 4.91. The van der Waals surface area contributed by atoms with Crippen LogP contribution in [0.25, 0.3) is 0 Å². The average Bonchev–Trinajstić information content (AvgIpc) is 2.30. The zero-order valence-corrected chi connectivity index (χ0v) is 10.9. The molecule has 0 aromatic rings. The van der Waals surface area contributed by atoms with E-state index in [2.05, 4.69) is 26.0 Å². The number of esters is 1. The molecule has 92 valence electrons. The number of carbonyl (C=O) groups excluding carboxylic acids is 1. The first kappa shape index (κ1) is 12.2. The summed E-state index contributed by atoms with van der Waals surface area (Å²) in [5.41, 5.74) is 4.64. The minimum Gasteiger partial charge on any atom is -0.454 e. The molecule has 1 atom stereocenters. The molecule has 1 unspecified atom stereocenters. The molecule has 2 nitrogen and oxygen atoms in total. The Labute approximate surface area is 103 Å². The second-order valence-corrected chi connectivity index (χ2v) is 5.07. The van der Waals surface area contributed by atoms with Crippen LogP contribution < -0.4 is 0 Å². The summed E-state index contributed by atoms with van der Waals surface area (Å²) in [6, 6.07) is 0. The zero-order chi connectivity index (χ0) is 12.4. The van der Waals surface area contributed by atoms with E-state index in [1.807, 2.05) is 6.92 Å². The quantitative estimate of drug-likeness (QED) is 0.470. The van der Waals surface area contributed by atoms with Gasteiger partial charge in [0.05, 0.1) is 0 Å². The normalized spacial score (nSPS) is 26.1. The molecule has 1 aliphatic heterocycles. The van der Waals surface area contributed by atoms with E-state index >= 15 is 0 Å². The summed E-state index contributed by atoms with van der Waals surface area (Å²) >= 11 is 0. The summed E-state index contributed by atoms with van der Waals surface area (Å²) in [5.74, 6) is -0.143. The average molecular weight is 232 g/mol. The number of hydrogen-bond donors (Lipinski definition) is 0. The molecule has 2 rings (SSSR count). The smallest absolute Gasteiger partial charge is 0.334 e. The van der Waals surface area contributed by atoms with Gasteiger partial charge in [0.1, 0.15) is 6.10 Å². The van der Waals surface area contributed by atoms with Crippen LogP contribution >= 0.6 is 0 Å². The van der Waals surface area contributed by atoms with E-state index in [0.29, 0.717) is 0 Å². The number of hydrogen-bond acceptors (Lipinski definition) is 2. The fraction of sp³-hybridized carbons (Fsp3) is 0.533. The number of carbonyl (C=O) groups is 1. The van der Waals surface area contributed by atoms with Gasteiger partial charge in [-0.2, -0.15) is 0 Å². The van der Waals surface area contributed by atoms with Crippen LogP contribution in [0.2, 0.25) is 0 Å². The standard InChI is InChI=1S/C15H20O2/c1-10-5-4-6-11(2)14-9-13(8-7-10)12(3)15(16)17-14/h6-7,14H,4-5,8-9H2,1-3H3. The first-order chi connectivity index (χ1) is 8.08. The monoisotopic (exact) mass is 232 g/mol. The van der Waals surface area contributed by atoms with E-state index < -0.39 is 0 Å². The lowest BCUT2D eigenvalue weighted by Gasteiger charge is -2.27. The predicted molar refractivity (Wildman–Crippen MR) is 68.6 cm³/mol. The van der Waals surface area contributed by atoms with Gasteiger partial charge in [-0.3, -0.25) is 0 Å². The van der Waals surface area contributed by atoms with Crippen molar-refractivity contribution in [1.29, 1.82) is 0 Å². The molecule has 0 radical (unpaired) electrons. The Balaban J connectivity index is 2.35. The maximum absolute atomic E-state index is 11.8. The molecule has 0 amide bonds. The fourth-order valence-corrected chi connectivity index (χ4v) is 2.33. The third-order valence-corrected chi connectivity index (χ3v) is 3.73. The zero-order valence-electron chi connectivity index (χ0n) is 10.9. The van der Waals surface area contributed by atoms with Gasteiger partial charge in [-0.25, -0.2) is 4.79 Å². The maximum atomic E-state index is 11.8. The molecule has 0 fully saturated rings. The van der Waals surface area contributed by atoms with Crippen molar-refractivity contribution in [2.75, 3.05) is 0 Å². The molecular formula is C15H20O2. The van der Waals surface area contributed by atoms with E-state index in [1.54, 1.807) is 0 Å². The Kier molecular flexibility index (Phi) is 3.51. The SMILES string of the molecule is CC1=CCC2=C(C)C(=O)OC(C2)C(C)=CCC1. The van der Waals surface area contributed by atoms with Crippen molar-refractivity contribution < 1.29 is 9.53 Å². The first-order valence-corrected chi connectivity index (χ1v) is 6.30. The number of ether oxygens (including phenoxy) is 1. The molecule has 0 aromatic carbocycles. The molecule has 2 bridgehead atoms. The molecule has 17 heavy (non-hydrogen) atoms. The van der Waals surface area contributed by atoms with Gasteiger partial charge in [-0.15, -0.1) is 0 Å². The number of fused-ring (bicyclic) bond motifs is 2. The van der Waals surface area contributed by atoms with Crippen LogP contribution in [0.4, 0.5) is 0 Å². The third kappa shape index (κ3) is 2.68. The van der Waals surface area contributed by atoms with E-state index in [1.165, 1.54) is 16.7 Å². The summed E-state index contributed by atoms with van der Waals surface area (Å²) < 4.78 is 5.45. The highest BCUT2D eigenvalue weighted by Gasteiger charge is 2.26. The Morgan fingerprint density at radius 2 is 2.00 bits per heavy atom. The highest BCUT2D eigenvalue weighted by atomic mass is 16.5. The molecule has 1 aliphatic carbocycles. The van der Waals surface area contributed by atoms with Gasteiger partial charge in [0, 0.05) is 12.0 Å². The lowest BCUT2D eigenvalue weighted by Crippen LogP contribution is -2.26. The Morgan fingerprint density at radius 3 is 2.76 bits per heavy atom. The van der Waals surface area contributed by atoms with E-state index in [-0.39, 0.29) is 12.1 Å². The molecule has 0 spiro atoms. The number of rotatable bonds is 0. The van der Waals surface area contributed by atoms with E-state index in [0.717, 1.165) is 31.3 Å². The van der Waals surface area contributed by atoms with Crippen LogP contribution in [-0.4, -0.2) is 12.1 Å². The third-order valence-electron chi connectivity index (χ3n) is 3.73. The molecule has 1 heterocycles. The minimum absolute atomic E-state index is 0.0343. The lowest BCUT2D eigenvalue weighted by molar-refractivity contribution is -0.143. The minimum atomic E-state index is -0.143. The van der Waals surface area contributed by atoms with Gasteiger partial charge in [0.2, 0.25) is 0 Å². The van der Waals surface area contributed by atoms with E-state index in [9.17, 15) is 4.79 Å². The van der Waals surface area contributed by atoms with Crippen LogP contribution in [-0.2, 0) is 9.53 Å². The van der Waals surface area contributed by atoms with Crippen LogP contribution in [0, 0.1) is 0 Å². The second-order valence-electron chi connectivity index (χ2n) is 5.07. The van der Waals surface area contributed by atoms with Gasteiger partial charge < -0.3 is 4.74 Å². The number of allylic oxidation sites excluding steroid dienone is 3. The molecule has 0 N–H and O–H groups in total. The van der Waals surface area contributed by atoms with Gasteiger partial charge >= 0.3 is 5.97 Å². The molecule has 2 heteroatoms. The van der Waals surface area contributed by atoms with Gasteiger partial charge in [0.15, 0.2) is 0 Å².